The first kappa shape index (κ1) is 17.2. The number of hydrogen-bond donors (Lipinski definition) is 2. The number of anilines is 1. The van der Waals surface area contributed by atoms with Crippen molar-refractivity contribution in [2.45, 2.75) is 6.61 Å². The molecular formula is C23H18N2O4. The molecule has 0 saturated heterocycles. The molecule has 2 N–H and O–H groups in total. The van der Waals surface area contributed by atoms with Gasteiger partial charge in [-0.3, -0.25) is 4.79 Å². The van der Waals surface area contributed by atoms with Gasteiger partial charge in [0.2, 0.25) is 6.79 Å². The lowest BCUT2D eigenvalue weighted by Gasteiger charge is -2.06. The predicted octanol–water partition coefficient (Wildman–Crippen LogP) is 4.73. The van der Waals surface area contributed by atoms with Gasteiger partial charge in [0.05, 0.1) is 0 Å². The summed E-state index contributed by atoms with van der Waals surface area (Å²) in [5.41, 5.74) is 3.05. The van der Waals surface area contributed by atoms with E-state index in [2.05, 4.69) is 10.3 Å². The Morgan fingerprint density at radius 1 is 0.966 bits per heavy atom. The summed E-state index contributed by atoms with van der Waals surface area (Å²) < 4.78 is 16.5. The van der Waals surface area contributed by atoms with E-state index in [1.807, 2.05) is 54.6 Å². The number of aromatic amines is 1. The molecule has 0 saturated carbocycles. The largest absolute Gasteiger partial charge is 0.489 e. The van der Waals surface area contributed by atoms with Gasteiger partial charge in [-0.05, 0) is 35.9 Å². The first-order valence-electron chi connectivity index (χ1n) is 9.25. The first-order chi connectivity index (χ1) is 14.2. The summed E-state index contributed by atoms with van der Waals surface area (Å²) >= 11 is 0. The number of benzene rings is 3. The molecule has 4 aromatic rings. The molecule has 1 aromatic heterocycles. The molecule has 0 radical (unpaired) electrons. The Labute approximate surface area is 167 Å². The number of carbonyl (C=O) groups is 1. The molecule has 29 heavy (non-hydrogen) atoms. The average Bonchev–Trinajstić information content (AvgIpc) is 3.39. The normalized spacial score (nSPS) is 12.1. The van der Waals surface area contributed by atoms with E-state index in [1.54, 1.807) is 18.2 Å². The molecule has 1 amide bonds. The van der Waals surface area contributed by atoms with E-state index in [-0.39, 0.29) is 12.7 Å². The van der Waals surface area contributed by atoms with Crippen LogP contribution in [0.5, 0.6) is 17.2 Å². The van der Waals surface area contributed by atoms with Crippen molar-refractivity contribution in [3.8, 4) is 17.2 Å². The lowest BCUT2D eigenvalue weighted by molar-refractivity contribution is 0.102. The van der Waals surface area contributed by atoms with Gasteiger partial charge in [0, 0.05) is 28.7 Å². The molecule has 6 nitrogen and oxygen atoms in total. The Balaban J connectivity index is 1.31. The van der Waals surface area contributed by atoms with Crippen molar-refractivity contribution in [2.75, 3.05) is 12.1 Å². The topological polar surface area (TPSA) is 72.6 Å². The molecule has 5 rings (SSSR count). The van der Waals surface area contributed by atoms with Crippen molar-refractivity contribution in [3.05, 3.63) is 84.1 Å². The van der Waals surface area contributed by atoms with Gasteiger partial charge in [-0.2, -0.15) is 0 Å². The van der Waals surface area contributed by atoms with Crippen molar-refractivity contribution >= 4 is 22.5 Å². The van der Waals surface area contributed by atoms with E-state index in [1.165, 1.54) is 0 Å². The molecule has 0 fully saturated rings. The predicted molar refractivity (Wildman–Crippen MR) is 110 cm³/mol. The Morgan fingerprint density at radius 3 is 2.72 bits per heavy atom. The molecule has 144 valence electrons. The summed E-state index contributed by atoms with van der Waals surface area (Å²) in [6.07, 6.45) is 0. The second-order valence-corrected chi connectivity index (χ2v) is 6.73. The maximum Gasteiger partial charge on any atom is 0.272 e. The highest BCUT2D eigenvalue weighted by molar-refractivity contribution is 6.06. The number of ether oxygens (including phenoxy) is 3. The van der Waals surface area contributed by atoms with Gasteiger partial charge in [-0.15, -0.1) is 0 Å². The molecule has 1 aliphatic rings. The lowest BCUT2D eigenvalue weighted by atomic mass is 10.2. The summed E-state index contributed by atoms with van der Waals surface area (Å²) in [7, 11) is 0. The number of hydrogen-bond acceptors (Lipinski definition) is 4. The SMILES string of the molecule is O=C(Nc1ccc2c(c1)OCO2)c1cc2ccc(OCc3ccccc3)cc2[nH]1. The Morgan fingerprint density at radius 2 is 1.83 bits per heavy atom. The van der Waals surface area contributed by atoms with Gasteiger partial charge in [0.1, 0.15) is 18.1 Å². The van der Waals surface area contributed by atoms with E-state index < -0.39 is 0 Å². The van der Waals surface area contributed by atoms with Crippen LogP contribution in [0.25, 0.3) is 10.9 Å². The zero-order valence-corrected chi connectivity index (χ0v) is 15.5. The summed E-state index contributed by atoms with van der Waals surface area (Å²) in [4.78, 5) is 15.8. The molecule has 0 aliphatic carbocycles. The maximum absolute atomic E-state index is 12.6. The second kappa shape index (κ2) is 7.24. The fourth-order valence-electron chi connectivity index (χ4n) is 3.23. The molecule has 3 aromatic carbocycles. The third-order valence-electron chi connectivity index (χ3n) is 4.72. The van der Waals surface area contributed by atoms with Crippen molar-refractivity contribution in [1.29, 1.82) is 0 Å². The van der Waals surface area contributed by atoms with Crippen LogP contribution < -0.4 is 19.5 Å². The van der Waals surface area contributed by atoms with Crippen LogP contribution in [0, 0.1) is 0 Å². The number of nitrogens with one attached hydrogen (secondary N) is 2. The molecule has 0 unspecified atom stereocenters. The highest BCUT2D eigenvalue weighted by atomic mass is 16.7. The maximum atomic E-state index is 12.6. The van der Waals surface area contributed by atoms with Gasteiger partial charge >= 0.3 is 0 Å². The highest BCUT2D eigenvalue weighted by Gasteiger charge is 2.15. The summed E-state index contributed by atoms with van der Waals surface area (Å²) in [6, 6.07) is 22.8. The first-order valence-corrected chi connectivity index (χ1v) is 9.25. The van der Waals surface area contributed by atoms with E-state index in [0.29, 0.717) is 29.5 Å². The van der Waals surface area contributed by atoms with Crippen LogP contribution in [0.15, 0.2) is 72.8 Å². The van der Waals surface area contributed by atoms with Gasteiger partial charge in [0.25, 0.3) is 5.91 Å². The molecule has 2 heterocycles. The summed E-state index contributed by atoms with van der Waals surface area (Å²) in [5, 5.41) is 3.81. The van der Waals surface area contributed by atoms with Crippen LogP contribution in [0.4, 0.5) is 5.69 Å². The third kappa shape index (κ3) is 3.60. The highest BCUT2D eigenvalue weighted by Crippen LogP contribution is 2.34. The lowest BCUT2D eigenvalue weighted by Crippen LogP contribution is -2.12. The molecule has 0 bridgehead atoms. The smallest absolute Gasteiger partial charge is 0.272 e. The number of rotatable bonds is 5. The van der Waals surface area contributed by atoms with Crippen LogP contribution in [0.3, 0.4) is 0 Å². The van der Waals surface area contributed by atoms with Crippen molar-refractivity contribution in [3.63, 3.8) is 0 Å². The van der Waals surface area contributed by atoms with E-state index in [4.69, 9.17) is 14.2 Å². The number of aromatic nitrogens is 1. The summed E-state index contributed by atoms with van der Waals surface area (Å²) in [6.45, 7) is 0.688. The monoisotopic (exact) mass is 386 g/mol. The van der Waals surface area contributed by atoms with Crippen LogP contribution in [0.2, 0.25) is 0 Å². The molecule has 0 spiro atoms. The molecular weight excluding hydrogens is 368 g/mol. The number of H-pyrrole nitrogens is 1. The van der Waals surface area contributed by atoms with Crippen LogP contribution >= 0.6 is 0 Å². The molecule has 1 aliphatic heterocycles. The van der Waals surface area contributed by atoms with Crippen LogP contribution in [0.1, 0.15) is 16.1 Å². The van der Waals surface area contributed by atoms with Gasteiger partial charge in [0.15, 0.2) is 11.5 Å². The van der Waals surface area contributed by atoms with E-state index >= 15 is 0 Å². The summed E-state index contributed by atoms with van der Waals surface area (Å²) in [5.74, 6) is 1.81. The number of amides is 1. The minimum atomic E-state index is -0.230. The fourth-order valence-corrected chi connectivity index (χ4v) is 3.23. The standard InChI is InChI=1S/C23H18N2O4/c26-23(24-17-7-9-21-22(11-17)29-14-28-21)20-10-16-6-8-18(12-19(16)25-20)27-13-15-4-2-1-3-5-15/h1-12,25H,13-14H2,(H,24,26). The zero-order chi connectivity index (χ0) is 19.6. The Kier molecular flexibility index (Phi) is 4.29. The van der Waals surface area contributed by atoms with Crippen LogP contribution in [-0.2, 0) is 6.61 Å². The average molecular weight is 386 g/mol. The third-order valence-corrected chi connectivity index (χ3v) is 4.72. The van der Waals surface area contributed by atoms with Crippen molar-refractivity contribution in [2.24, 2.45) is 0 Å². The number of fused-ring (bicyclic) bond motifs is 2. The molecule has 6 heteroatoms. The quantitative estimate of drug-likeness (QED) is 0.520. The van der Waals surface area contributed by atoms with Gasteiger partial charge < -0.3 is 24.5 Å². The fraction of sp³-hybridized carbons (Fsp3) is 0.0870. The Bertz CT molecular complexity index is 1180. The van der Waals surface area contributed by atoms with Crippen molar-refractivity contribution < 1.29 is 19.0 Å². The van der Waals surface area contributed by atoms with Gasteiger partial charge in [-0.1, -0.05) is 30.3 Å². The number of carbonyl (C=O) groups excluding carboxylic acids is 1. The molecule has 0 atom stereocenters. The Hall–Kier alpha value is -3.93. The second-order valence-electron chi connectivity index (χ2n) is 6.73. The zero-order valence-electron chi connectivity index (χ0n) is 15.5. The van der Waals surface area contributed by atoms with E-state index in [9.17, 15) is 4.79 Å². The minimum absolute atomic E-state index is 0.198. The van der Waals surface area contributed by atoms with E-state index in [0.717, 1.165) is 22.2 Å². The van der Waals surface area contributed by atoms with Crippen molar-refractivity contribution in [1.82, 2.24) is 4.98 Å². The minimum Gasteiger partial charge on any atom is -0.489 e. The van der Waals surface area contributed by atoms with Crippen LogP contribution in [-0.4, -0.2) is 17.7 Å². The van der Waals surface area contributed by atoms with Gasteiger partial charge in [-0.25, -0.2) is 0 Å².